The summed E-state index contributed by atoms with van der Waals surface area (Å²) in [6.07, 6.45) is 1.18. The topological polar surface area (TPSA) is 60.7 Å². The Bertz CT molecular complexity index is 637. The van der Waals surface area contributed by atoms with Crippen molar-refractivity contribution in [1.82, 2.24) is 5.32 Å². The Morgan fingerprint density at radius 3 is 2.87 bits per heavy atom. The SMILES string of the molecule is COC(=O)c1ccc(CNC[C@@H]2CCO[C@H]2c2ccccc2)o1. The number of ether oxygens (including phenoxy) is 2. The molecule has 0 saturated carbocycles. The van der Waals surface area contributed by atoms with Crippen LogP contribution in [0.25, 0.3) is 0 Å². The second-order valence-electron chi connectivity index (χ2n) is 5.64. The summed E-state index contributed by atoms with van der Waals surface area (Å²) < 4.78 is 16.0. The Labute approximate surface area is 135 Å². The Morgan fingerprint density at radius 1 is 1.26 bits per heavy atom. The summed E-state index contributed by atoms with van der Waals surface area (Å²) in [4.78, 5) is 11.4. The maximum atomic E-state index is 11.4. The van der Waals surface area contributed by atoms with E-state index in [2.05, 4.69) is 22.2 Å². The first kappa shape index (κ1) is 15.8. The lowest BCUT2D eigenvalue weighted by Crippen LogP contribution is -2.24. The van der Waals surface area contributed by atoms with Crippen LogP contribution in [0.1, 0.15) is 34.4 Å². The Morgan fingerprint density at radius 2 is 2.09 bits per heavy atom. The molecule has 122 valence electrons. The van der Waals surface area contributed by atoms with Crippen LogP contribution in [0.5, 0.6) is 0 Å². The predicted octanol–water partition coefficient (Wildman–Crippen LogP) is 2.93. The highest BCUT2D eigenvalue weighted by Gasteiger charge is 2.29. The van der Waals surface area contributed by atoms with Gasteiger partial charge < -0.3 is 19.2 Å². The highest BCUT2D eigenvalue weighted by Crippen LogP contribution is 2.33. The monoisotopic (exact) mass is 315 g/mol. The fourth-order valence-electron chi connectivity index (χ4n) is 2.92. The molecule has 1 fully saturated rings. The maximum absolute atomic E-state index is 11.4. The first-order valence-corrected chi connectivity index (χ1v) is 7.82. The third-order valence-electron chi connectivity index (χ3n) is 4.10. The van der Waals surface area contributed by atoms with Crippen LogP contribution < -0.4 is 5.32 Å². The van der Waals surface area contributed by atoms with Gasteiger partial charge in [0.2, 0.25) is 5.76 Å². The molecule has 2 atom stereocenters. The number of methoxy groups -OCH3 is 1. The molecule has 1 aromatic carbocycles. The van der Waals surface area contributed by atoms with E-state index in [0.29, 0.717) is 12.5 Å². The standard InChI is InChI=1S/C18H21NO4/c1-21-18(20)16-8-7-15(23-16)12-19-11-14-9-10-22-17(14)13-5-3-2-4-6-13/h2-8,14,17,19H,9-12H2,1H3/t14-,17-/m0/s1. The second kappa shape index (κ2) is 7.44. The molecule has 0 spiro atoms. The van der Waals surface area contributed by atoms with Gasteiger partial charge in [0.05, 0.1) is 19.8 Å². The molecular weight excluding hydrogens is 294 g/mol. The van der Waals surface area contributed by atoms with E-state index in [0.717, 1.165) is 25.3 Å². The van der Waals surface area contributed by atoms with Crippen molar-refractivity contribution in [3.05, 3.63) is 59.5 Å². The molecule has 0 unspecified atom stereocenters. The number of hydrogen-bond acceptors (Lipinski definition) is 5. The first-order chi connectivity index (χ1) is 11.3. The lowest BCUT2D eigenvalue weighted by molar-refractivity contribution is 0.0563. The highest BCUT2D eigenvalue weighted by atomic mass is 16.5. The van der Waals surface area contributed by atoms with Gasteiger partial charge in [-0.25, -0.2) is 4.79 Å². The van der Waals surface area contributed by atoms with E-state index in [1.54, 1.807) is 12.1 Å². The molecule has 0 aliphatic carbocycles. The van der Waals surface area contributed by atoms with E-state index in [1.165, 1.54) is 12.7 Å². The number of nitrogens with one attached hydrogen (secondary N) is 1. The molecule has 1 saturated heterocycles. The fraction of sp³-hybridized carbons (Fsp3) is 0.389. The molecule has 3 rings (SSSR count). The number of rotatable bonds is 6. The van der Waals surface area contributed by atoms with Crippen molar-refractivity contribution in [1.29, 1.82) is 0 Å². The van der Waals surface area contributed by atoms with E-state index >= 15 is 0 Å². The van der Waals surface area contributed by atoms with E-state index in [4.69, 9.17) is 9.15 Å². The van der Waals surface area contributed by atoms with Gasteiger partial charge in [-0.15, -0.1) is 0 Å². The van der Waals surface area contributed by atoms with Gasteiger partial charge in [-0.3, -0.25) is 0 Å². The summed E-state index contributed by atoms with van der Waals surface area (Å²) in [6, 6.07) is 13.7. The number of benzene rings is 1. The minimum absolute atomic E-state index is 0.144. The zero-order valence-corrected chi connectivity index (χ0v) is 13.2. The van der Waals surface area contributed by atoms with Crippen LogP contribution in [0.4, 0.5) is 0 Å². The van der Waals surface area contributed by atoms with Gasteiger partial charge in [0.15, 0.2) is 0 Å². The van der Waals surface area contributed by atoms with Crippen molar-refractivity contribution < 1.29 is 18.7 Å². The zero-order chi connectivity index (χ0) is 16.1. The Balaban J connectivity index is 1.52. The van der Waals surface area contributed by atoms with E-state index in [-0.39, 0.29) is 11.9 Å². The van der Waals surface area contributed by atoms with Crippen LogP contribution in [-0.4, -0.2) is 26.2 Å². The number of esters is 1. The quantitative estimate of drug-likeness (QED) is 0.831. The van der Waals surface area contributed by atoms with Crippen molar-refractivity contribution in [3.8, 4) is 0 Å². The number of hydrogen-bond donors (Lipinski definition) is 1. The van der Waals surface area contributed by atoms with E-state index < -0.39 is 5.97 Å². The molecule has 1 aromatic heterocycles. The highest BCUT2D eigenvalue weighted by molar-refractivity contribution is 5.86. The third kappa shape index (κ3) is 3.81. The van der Waals surface area contributed by atoms with Crippen LogP contribution in [0.3, 0.4) is 0 Å². The van der Waals surface area contributed by atoms with Crippen molar-refractivity contribution >= 4 is 5.97 Å². The van der Waals surface area contributed by atoms with Crippen molar-refractivity contribution in [2.24, 2.45) is 5.92 Å². The summed E-state index contributed by atoms with van der Waals surface area (Å²) >= 11 is 0. The second-order valence-corrected chi connectivity index (χ2v) is 5.64. The summed E-state index contributed by atoms with van der Waals surface area (Å²) in [6.45, 7) is 2.21. The smallest absolute Gasteiger partial charge is 0.373 e. The first-order valence-electron chi connectivity index (χ1n) is 7.82. The van der Waals surface area contributed by atoms with Crippen LogP contribution >= 0.6 is 0 Å². The molecule has 23 heavy (non-hydrogen) atoms. The lowest BCUT2D eigenvalue weighted by Gasteiger charge is -2.19. The van der Waals surface area contributed by atoms with Gasteiger partial charge in [-0.2, -0.15) is 0 Å². The van der Waals surface area contributed by atoms with Gasteiger partial charge in [0, 0.05) is 19.1 Å². The van der Waals surface area contributed by atoms with Crippen LogP contribution in [0.15, 0.2) is 46.9 Å². The lowest BCUT2D eigenvalue weighted by atomic mass is 9.95. The van der Waals surface area contributed by atoms with Crippen molar-refractivity contribution in [3.63, 3.8) is 0 Å². The van der Waals surface area contributed by atoms with Crippen LogP contribution in [0, 0.1) is 5.92 Å². The molecule has 0 bridgehead atoms. The van der Waals surface area contributed by atoms with Crippen molar-refractivity contribution in [2.75, 3.05) is 20.3 Å². The number of carbonyl (C=O) groups is 1. The third-order valence-corrected chi connectivity index (χ3v) is 4.10. The van der Waals surface area contributed by atoms with Gasteiger partial charge in [-0.1, -0.05) is 30.3 Å². The molecule has 5 heteroatoms. The molecule has 2 aromatic rings. The number of furan rings is 1. The van der Waals surface area contributed by atoms with Crippen LogP contribution in [0.2, 0.25) is 0 Å². The molecule has 5 nitrogen and oxygen atoms in total. The van der Waals surface area contributed by atoms with Gasteiger partial charge in [0.1, 0.15) is 5.76 Å². The van der Waals surface area contributed by atoms with Gasteiger partial charge >= 0.3 is 5.97 Å². The zero-order valence-electron chi connectivity index (χ0n) is 13.2. The molecule has 1 N–H and O–H groups in total. The summed E-state index contributed by atoms with van der Waals surface area (Å²) in [5.74, 6) is 0.938. The summed E-state index contributed by atoms with van der Waals surface area (Å²) in [7, 11) is 1.34. The van der Waals surface area contributed by atoms with E-state index in [1.807, 2.05) is 18.2 Å². The molecule has 1 aliphatic rings. The summed E-state index contributed by atoms with van der Waals surface area (Å²) in [5, 5.41) is 3.39. The van der Waals surface area contributed by atoms with Gasteiger partial charge in [0.25, 0.3) is 0 Å². The minimum Gasteiger partial charge on any atom is -0.463 e. The molecular formula is C18H21NO4. The average Bonchev–Trinajstić information content (AvgIpc) is 3.24. The molecule has 2 heterocycles. The number of carbonyl (C=O) groups excluding carboxylic acids is 1. The molecule has 1 aliphatic heterocycles. The summed E-state index contributed by atoms with van der Waals surface area (Å²) in [5.41, 5.74) is 1.22. The average molecular weight is 315 g/mol. The Hall–Kier alpha value is -2.11. The molecule has 0 radical (unpaired) electrons. The van der Waals surface area contributed by atoms with Crippen LogP contribution in [-0.2, 0) is 16.0 Å². The predicted molar refractivity (Wildman–Crippen MR) is 85.0 cm³/mol. The Kier molecular flexibility index (Phi) is 5.10. The molecule has 0 amide bonds. The normalized spacial score (nSPS) is 20.6. The maximum Gasteiger partial charge on any atom is 0.373 e. The fourth-order valence-corrected chi connectivity index (χ4v) is 2.92. The minimum atomic E-state index is -0.454. The van der Waals surface area contributed by atoms with Gasteiger partial charge in [-0.05, 0) is 24.1 Å². The van der Waals surface area contributed by atoms with Crippen molar-refractivity contribution in [2.45, 2.75) is 19.1 Å². The largest absolute Gasteiger partial charge is 0.463 e. The van der Waals surface area contributed by atoms with E-state index in [9.17, 15) is 4.79 Å².